The molecule has 0 saturated carbocycles. The number of fused-ring (bicyclic) bond motifs is 1. The third kappa shape index (κ3) is 3.90. The van der Waals surface area contributed by atoms with Crippen LogP contribution < -0.4 is 5.32 Å². The highest BCUT2D eigenvalue weighted by Crippen LogP contribution is 2.38. The first kappa shape index (κ1) is 17.8. The van der Waals surface area contributed by atoms with E-state index in [1.54, 1.807) is 29.7 Å². The van der Waals surface area contributed by atoms with E-state index >= 15 is 0 Å². The van der Waals surface area contributed by atoms with Gasteiger partial charge in [-0.3, -0.25) is 10.1 Å². The summed E-state index contributed by atoms with van der Waals surface area (Å²) in [7, 11) is 0. The van der Waals surface area contributed by atoms with Crippen LogP contribution in [0.25, 0.3) is 0 Å². The third-order valence-corrected chi connectivity index (χ3v) is 5.84. The second kappa shape index (κ2) is 7.56. The standard InChI is InChI=1S/C19H20FN5OS/c1-2-13-6-4-8-16-17(13)21-19(27-16)22-18(26)15-11-25(24-23-15)10-12-5-3-7-14(20)9-12/h3,5,7,9,11,13H,2,4,6,8,10H2,1H3,(H,21,22,26). The minimum atomic E-state index is -0.334. The van der Waals surface area contributed by atoms with Crippen LogP contribution in [0.3, 0.4) is 0 Å². The number of benzene rings is 1. The van der Waals surface area contributed by atoms with Crippen molar-refractivity contribution >= 4 is 22.4 Å². The first-order chi connectivity index (χ1) is 13.1. The highest BCUT2D eigenvalue weighted by atomic mass is 32.1. The number of nitrogens with one attached hydrogen (secondary N) is 1. The van der Waals surface area contributed by atoms with E-state index in [9.17, 15) is 9.18 Å². The van der Waals surface area contributed by atoms with Crippen LogP contribution in [0.1, 0.15) is 58.7 Å². The zero-order valence-electron chi connectivity index (χ0n) is 15.0. The molecule has 1 atom stereocenters. The van der Waals surface area contributed by atoms with Crippen molar-refractivity contribution in [3.05, 3.63) is 58.1 Å². The smallest absolute Gasteiger partial charge is 0.279 e. The van der Waals surface area contributed by atoms with Crippen molar-refractivity contribution in [1.82, 2.24) is 20.0 Å². The Hall–Kier alpha value is -2.61. The molecule has 2 aromatic heterocycles. The number of hydrogen-bond donors (Lipinski definition) is 1. The largest absolute Gasteiger partial charge is 0.296 e. The van der Waals surface area contributed by atoms with E-state index in [0.717, 1.165) is 30.5 Å². The fraction of sp³-hybridized carbons (Fsp3) is 0.368. The predicted molar refractivity (Wildman–Crippen MR) is 102 cm³/mol. The van der Waals surface area contributed by atoms with Crippen molar-refractivity contribution in [3.8, 4) is 0 Å². The average molecular weight is 385 g/mol. The molecule has 0 aliphatic heterocycles. The molecule has 8 heteroatoms. The van der Waals surface area contributed by atoms with Gasteiger partial charge < -0.3 is 0 Å². The van der Waals surface area contributed by atoms with E-state index in [2.05, 4.69) is 27.5 Å². The van der Waals surface area contributed by atoms with Crippen molar-refractivity contribution in [1.29, 1.82) is 0 Å². The van der Waals surface area contributed by atoms with Gasteiger partial charge in [0.05, 0.1) is 18.4 Å². The number of aryl methyl sites for hydroxylation is 1. The zero-order chi connectivity index (χ0) is 18.8. The Morgan fingerprint density at radius 1 is 1.44 bits per heavy atom. The van der Waals surface area contributed by atoms with Gasteiger partial charge in [0.25, 0.3) is 5.91 Å². The predicted octanol–water partition coefficient (Wildman–Crippen LogP) is 4.00. The van der Waals surface area contributed by atoms with Gasteiger partial charge in [-0.05, 0) is 43.4 Å². The van der Waals surface area contributed by atoms with Gasteiger partial charge in [-0.25, -0.2) is 14.1 Å². The quantitative estimate of drug-likeness (QED) is 0.720. The second-order valence-electron chi connectivity index (χ2n) is 6.71. The van der Waals surface area contributed by atoms with E-state index < -0.39 is 0 Å². The molecule has 0 radical (unpaired) electrons. The molecule has 2 heterocycles. The second-order valence-corrected chi connectivity index (χ2v) is 7.79. The van der Waals surface area contributed by atoms with E-state index in [0.29, 0.717) is 17.6 Å². The summed E-state index contributed by atoms with van der Waals surface area (Å²) in [6, 6.07) is 6.27. The van der Waals surface area contributed by atoms with Gasteiger partial charge >= 0.3 is 0 Å². The number of carbonyl (C=O) groups is 1. The van der Waals surface area contributed by atoms with E-state index in [-0.39, 0.29) is 17.4 Å². The molecule has 6 nitrogen and oxygen atoms in total. The van der Waals surface area contributed by atoms with Crippen LogP contribution in [-0.4, -0.2) is 25.9 Å². The summed E-state index contributed by atoms with van der Waals surface area (Å²) in [5, 5.41) is 11.3. The van der Waals surface area contributed by atoms with Crippen molar-refractivity contribution in [2.24, 2.45) is 0 Å². The lowest BCUT2D eigenvalue weighted by molar-refractivity contribution is 0.102. The van der Waals surface area contributed by atoms with Gasteiger partial charge in [-0.2, -0.15) is 0 Å². The van der Waals surface area contributed by atoms with Crippen LogP contribution in [-0.2, 0) is 13.0 Å². The van der Waals surface area contributed by atoms with Gasteiger partial charge in [0, 0.05) is 10.8 Å². The summed E-state index contributed by atoms with van der Waals surface area (Å²) in [6.45, 7) is 2.52. The SMILES string of the molecule is CCC1CCCc2sc(NC(=O)c3cn(Cc4cccc(F)c4)nn3)nc21. The third-order valence-electron chi connectivity index (χ3n) is 4.79. The fourth-order valence-corrected chi connectivity index (χ4v) is 4.51. The molecule has 3 aromatic rings. The topological polar surface area (TPSA) is 72.7 Å². The summed E-state index contributed by atoms with van der Waals surface area (Å²) in [4.78, 5) is 18.4. The molecule has 27 heavy (non-hydrogen) atoms. The van der Waals surface area contributed by atoms with E-state index in [1.165, 1.54) is 28.1 Å². The molecule has 1 aliphatic carbocycles. The van der Waals surface area contributed by atoms with E-state index in [1.807, 2.05) is 0 Å². The van der Waals surface area contributed by atoms with Gasteiger partial charge in [0.15, 0.2) is 10.8 Å². The Morgan fingerprint density at radius 3 is 3.15 bits per heavy atom. The van der Waals surface area contributed by atoms with E-state index in [4.69, 9.17) is 0 Å². The maximum atomic E-state index is 13.3. The Kier molecular flexibility index (Phi) is 4.98. The van der Waals surface area contributed by atoms with Gasteiger partial charge in [-0.15, -0.1) is 16.4 Å². The number of carbonyl (C=O) groups excluding carboxylic acids is 1. The number of aromatic nitrogens is 4. The van der Waals surface area contributed by atoms with Crippen molar-refractivity contribution in [2.45, 2.75) is 45.1 Å². The van der Waals surface area contributed by atoms with Crippen LogP contribution in [0.15, 0.2) is 30.5 Å². The normalized spacial score (nSPS) is 16.1. The Balaban J connectivity index is 1.45. The molecular weight excluding hydrogens is 365 g/mol. The summed E-state index contributed by atoms with van der Waals surface area (Å²) in [5.74, 6) is -0.147. The molecule has 1 unspecified atom stereocenters. The Bertz CT molecular complexity index is 967. The molecule has 4 rings (SSSR count). The van der Waals surface area contributed by atoms with Gasteiger partial charge in [0.1, 0.15) is 5.82 Å². The molecule has 1 aromatic carbocycles. The first-order valence-corrected chi connectivity index (χ1v) is 9.89. The van der Waals surface area contributed by atoms with Crippen LogP contribution >= 0.6 is 11.3 Å². The molecule has 0 fully saturated rings. The first-order valence-electron chi connectivity index (χ1n) is 9.08. The number of anilines is 1. The molecule has 0 bridgehead atoms. The molecular formula is C19H20FN5OS. The number of halogens is 1. The lowest BCUT2D eigenvalue weighted by Crippen LogP contribution is -2.12. The maximum absolute atomic E-state index is 13.3. The molecule has 1 N–H and O–H groups in total. The summed E-state index contributed by atoms with van der Waals surface area (Å²) in [5.41, 5.74) is 2.11. The molecule has 0 saturated heterocycles. The van der Waals surface area contributed by atoms with Crippen LogP contribution in [0, 0.1) is 5.82 Å². The van der Waals surface area contributed by atoms with Gasteiger partial charge in [0.2, 0.25) is 0 Å². The molecule has 0 spiro atoms. The minimum Gasteiger partial charge on any atom is -0.296 e. The number of nitrogens with zero attached hydrogens (tertiary/aromatic N) is 4. The molecule has 140 valence electrons. The highest BCUT2D eigenvalue weighted by molar-refractivity contribution is 7.15. The summed E-state index contributed by atoms with van der Waals surface area (Å²) < 4.78 is 14.8. The summed E-state index contributed by atoms with van der Waals surface area (Å²) >= 11 is 1.55. The number of thiazole rings is 1. The number of rotatable bonds is 5. The molecule has 1 amide bonds. The van der Waals surface area contributed by atoms with Crippen LogP contribution in [0.5, 0.6) is 0 Å². The monoisotopic (exact) mass is 385 g/mol. The lowest BCUT2D eigenvalue weighted by Gasteiger charge is -2.18. The van der Waals surface area contributed by atoms with Crippen molar-refractivity contribution in [3.63, 3.8) is 0 Å². The van der Waals surface area contributed by atoms with Crippen LogP contribution in [0.4, 0.5) is 9.52 Å². The Labute approximate surface area is 160 Å². The maximum Gasteiger partial charge on any atom is 0.279 e. The lowest BCUT2D eigenvalue weighted by atomic mass is 9.89. The zero-order valence-corrected chi connectivity index (χ0v) is 15.8. The number of amides is 1. The number of hydrogen-bond acceptors (Lipinski definition) is 5. The fourth-order valence-electron chi connectivity index (χ4n) is 3.42. The van der Waals surface area contributed by atoms with Crippen molar-refractivity contribution < 1.29 is 9.18 Å². The average Bonchev–Trinajstić information content (AvgIpc) is 3.27. The van der Waals surface area contributed by atoms with Crippen LogP contribution in [0.2, 0.25) is 0 Å². The summed E-state index contributed by atoms with van der Waals surface area (Å²) in [6.07, 6.45) is 5.99. The highest BCUT2D eigenvalue weighted by Gasteiger charge is 2.24. The Morgan fingerprint density at radius 2 is 2.33 bits per heavy atom. The van der Waals surface area contributed by atoms with Crippen molar-refractivity contribution in [2.75, 3.05) is 5.32 Å². The molecule has 1 aliphatic rings. The van der Waals surface area contributed by atoms with Gasteiger partial charge in [-0.1, -0.05) is 24.3 Å². The minimum absolute atomic E-state index is 0.214.